The highest BCUT2D eigenvalue weighted by atomic mass is 16.4. The number of rotatable bonds is 4. The molecule has 2 heterocycles. The molecular formula is C10H14N6O2. The molecule has 0 saturated heterocycles. The largest absolute Gasteiger partial charge is 0.481 e. The van der Waals surface area contributed by atoms with E-state index < -0.39 is 11.9 Å². The number of nitrogens with one attached hydrogen (secondary N) is 1. The molecule has 2 N–H and O–H groups in total. The second-order valence-corrected chi connectivity index (χ2v) is 4.22. The standard InChI is InChI=1S/C10H14N6O2/c1-5(10(17)18)7(3)16-9(13-14-15-16)8-4-11-12-6(8)2/h4-5,7H,1-3H3,(H,11,12)(H,17,18). The van der Waals surface area contributed by atoms with E-state index in [4.69, 9.17) is 5.11 Å². The summed E-state index contributed by atoms with van der Waals surface area (Å²) >= 11 is 0. The Labute approximate surface area is 103 Å². The number of aromatic nitrogens is 6. The zero-order chi connectivity index (χ0) is 13.3. The second kappa shape index (κ2) is 4.55. The van der Waals surface area contributed by atoms with Crippen molar-refractivity contribution in [1.82, 2.24) is 30.4 Å². The van der Waals surface area contributed by atoms with Crippen LogP contribution in [0.3, 0.4) is 0 Å². The van der Waals surface area contributed by atoms with Gasteiger partial charge in [0.05, 0.1) is 23.7 Å². The molecule has 0 amide bonds. The van der Waals surface area contributed by atoms with Crippen molar-refractivity contribution in [3.63, 3.8) is 0 Å². The molecule has 2 atom stereocenters. The van der Waals surface area contributed by atoms with Crippen molar-refractivity contribution in [3.8, 4) is 11.4 Å². The third-order valence-electron chi connectivity index (χ3n) is 3.06. The molecule has 0 fully saturated rings. The van der Waals surface area contributed by atoms with Gasteiger partial charge in [-0.25, -0.2) is 4.68 Å². The minimum Gasteiger partial charge on any atom is -0.481 e. The molecule has 96 valence electrons. The fourth-order valence-electron chi connectivity index (χ4n) is 1.64. The fraction of sp³-hybridized carbons (Fsp3) is 0.500. The molecule has 0 aromatic carbocycles. The van der Waals surface area contributed by atoms with Crippen LogP contribution in [-0.4, -0.2) is 41.5 Å². The van der Waals surface area contributed by atoms with Gasteiger partial charge in [-0.05, 0) is 31.2 Å². The highest BCUT2D eigenvalue weighted by Gasteiger charge is 2.25. The predicted octanol–water partition coefficient (Wildman–Crippen LogP) is 0.653. The average Bonchev–Trinajstić information content (AvgIpc) is 2.94. The van der Waals surface area contributed by atoms with Crippen LogP contribution in [0.15, 0.2) is 6.20 Å². The minimum absolute atomic E-state index is 0.346. The van der Waals surface area contributed by atoms with Gasteiger partial charge in [0.2, 0.25) is 0 Å². The van der Waals surface area contributed by atoms with E-state index >= 15 is 0 Å². The van der Waals surface area contributed by atoms with Gasteiger partial charge < -0.3 is 5.11 Å². The van der Waals surface area contributed by atoms with Gasteiger partial charge in [-0.3, -0.25) is 9.89 Å². The third-order valence-corrected chi connectivity index (χ3v) is 3.06. The number of carboxylic acid groups (broad SMARTS) is 1. The molecule has 0 radical (unpaired) electrons. The molecule has 0 bridgehead atoms. The van der Waals surface area contributed by atoms with Crippen molar-refractivity contribution in [2.45, 2.75) is 26.8 Å². The summed E-state index contributed by atoms with van der Waals surface area (Å²) in [7, 11) is 0. The van der Waals surface area contributed by atoms with Crippen LogP contribution in [0.4, 0.5) is 0 Å². The summed E-state index contributed by atoms with van der Waals surface area (Å²) < 4.78 is 1.51. The molecule has 8 heteroatoms. The number of tetrazole rings is 1. The first kappa shape index (κ1) is 12.2. The summed E-state index contributed by atoms with van der Waals surface area (Å²) in [5, 5.41) is 27.1. The first-order valence-electron chi connectivity index (χ1n) is 5.53. The Morgan fingerprint density at radius 3 is 2.78 bits per heavy atom. The van der Waals surface area contributed by atoms with E-state index in [2.05, 4.69) is 25.7 Å². The van der Waals surface area contributed by atoms with E-state index in [1.165, 1.54) is 4.68 Å². The monoisotopic (exact) mass is 250 g/mol. The van der Waals surface area contributed by atoms with Crippen LogP contribution < -0.4 is 0 Å². The first-order valence-corrected chi connectivity index (χ1v) is 5.53. The molecule has 0 aliphatic heterocycles. The number of aromatic amines is 1. The zero-order valence-corrected chi connectivity index (χ0v) is 10.3. The molecule has 2 unspecified atom stereocenters. The van der Waals surface area contributed by atoms with Crippen molar-refractivity contribution in [3.05, 3.63) is 11.9 Å². The third kappa shape index (κ3) is 1.96. The van der Waals surface area contributed by atoms with Crippen LogP contribution in [0.2, 0.25) is 0 Å². The Morgan fingerprint density at radius 2 is 2.22 bits per heavy atom. The van der Waals surface area contributed by atoms with Crippen LogP contribution >= 0.6 is 0 Å². The molecule has 0 aliphatic carbocycles. The first-order chi connectivity index (χ1) is 8.52. The van der Waals surface area contributed by atoms with E-state index in [-0.39, 0.29) is 6.04 Å². The van der Waals surface area contributed by atoms with Crippen LogP contribution in [0.5, 0.6) is 0 Å². The second-order valence-electron chi connectivity index (χ2n) is 4.22. The highest BCUT2D eigenvalue weighted by molar-refractivity contribution is 5.70. The number of aryl methyl sites for hydroxylation is 1. The van der Waals surface area contributed by atoms with Crippen LogP contribution in [0.25, 0.3) is 11.4 Å². The van der Waals surface area contributed by atoms with Gasteiger partial charge in [0, 0.05) is 5.69 Å². The predicted molar refractivity (Wildman–Crippen MR) is 61.6 cm³/mol. The van der Waals surface area contributed by atoms with E-state index in [1.807, 2.05) is 6.92 Å². The Morgan fingerprint density at radius 1 is 1.50 bits per heavy atom. The topological polar surface area (TPSA) is 110 Å². The maximum absolute atomic E-state index is 11.0. The molecule has 18 heavy (non-hydrogen) atoms. The molecular weight excluding hydrogens is 236 g/mol. The van der Waals surface area contributed by atoms with Crippen molar-refractivity contribution in [2.24, 2.45) is 5.92 Å². The van der Waals surface area contributed by atoms with E-state index in [9.17, 15) is 4.79 Å². The number of hydrogen-bond acceptors (Lipinski definition) is 5. The summed E-state index contributed by atoms with van der Waals surface area (Å²) in [4.78, 5) is 11.0. The lowest BCUT2D eigenvalue weighted by Crippen LogP contribution is -2.23. The summed E-state index contributed by atoms with van der Waals surface area (Å²) in [6.07, 6.45) is 1.62. The lowest BCUT2D eigenvalue weighted by atomic mass is 10.0. The lowest BCUT2D eigenvalue weighted by molar-refractivity contribution is -0.142. The van der Waals surface area contributed by atoms with Crippen molar-refractivity contribution in [2.75, 3.05) is 0 Å². The van der Waals surface area contributed by atoms with Gasteiger partial charge in [0.1, 0.15) is 0 Å². The maximum atomic E-state index is 11.0. The number of H-pyrrole nitrogens is 1. The molecule has 0 aliphatic rings. The molecule has 8 nitrogen and oxygen atoms in total. The van der Waals surface area contributed by atoms with E-state index in [0.717, 1.165) is 11.3 Å². The average molecular weight is 250 g/mol. The van der Waals surface area contributed by atoms with Crippen LogP contribution in [0, 0.1) is 12.8 Å². The number of carbonyl (C=O) groups is 1. The molecule has 2 aromatic rings. The van der Waals surface area contributed by atoms with E-state index in [1.54, 1.807) is 20.0 Å². The number of aliphatic carboxylic acids is 1. The zero-order valence-electron chi connectivity index (χ0n) is 10.3. The Balaban J connectivity index is 2.40. The van der Waals surface area contributed by atoms with Crippen molar-refractivity contribution in [1.29, 1.82) is 0 Å². The van der Waals surface area contributed by atoms with Crippen LogP contribution in [-0.2, 0) is 4.79 Å². The Hall–Kier alpha value is -2.25. The fourth-order valence-corrected chi connectivity index (χ4v) is 1.64. The molecule has 0 saturated carbocycles. The summed E-state index contributed by atoms with van der Waals surface area (Å²) in [5.74, 6) is -0.950. The highest BCUT2D eigenvalue weighted by Crippen LogP contribution is 2.24. The van der Waals surface area contributed by atoms with Gasteiger partial charge in [-0.15, -0.1) is 5.10 Å². The van der Waals surface area contributed by atoms with Gasteiger partial charge in [0.15, 0.2) is 5.82 Å². The minimum atomic E-state index is -0.882. The Kier molecular flexibility index (Phi) is 3.09. The van der Waals surface area contributed by atoms with Gasteiger partial charge in [0.25, 0.3) is 0 Å². The van der Waals surface area contributed by atoms with Crippen molar-refractivity contribution >= 4 is 5.97 Å². The van der Waals surface area contributed by atoms with Crippen molar-refractivity contribution < 1.29 is 9.90 Å². The number of nitrogens with zero attached hydrogens (tertiary/aromatic N) is 5. The van der Waals surface area contributed by atoms with Gasteiger partial charge in [-0.1, -0.05) is 0 Å². The summed E-state index contributed by atoms with van der Waals surface area (Å²) in [5.41, 5.74) is 1.60. The van der Waals surface area contributed by atoms with Gasteiger partial charge >= 0.3 is 5.97 Å². The SMILES string of the molecule is Cc1[nH]ncc1-c1nnnn1C(C)C(C)C(=O)O. The van der Waals surface area contributed by atoms with E-state index in [0.29, 0.717) is 5.82 Å². The maximum Gasteiger partial charge on any atom is 0.308 e. The summed E-state index contributed by atoms with van der Waals surface area (Å²) in [6, 6.07) is -0.346. The number of carboxylic acids is 1. The quantitative estimate of drug-likeness (QED) is 0.824. The smallest absolute Gasteiger partial charge is 0.308 e. The van der Waals surface area contributed by atoms with Crippen LogP contribution in [0.1, 0.15) is 25.6 Å². The molecule has 0 spiro atoms. The summed E-state index contributed by atoms with van der Waals surface area (Å²) in [6.45, 7) is 5.25. The molecule has 2 rings (SSSR count). The van der Waals surface area contributed by atoms with Gasteiger partial charge in [-0.2, -0.15) is 5.10 Å². The Bertz CT molecular complexity index is 560. The lowest BCUT2D eigenvalue weighted by Gasteiger charge is -2.16. The normalized spacial score (nSPS) is 14.4. The number of hydrogen-bond donors (Lipinski definition) is 2. The molecule has 2 aromatic heterocycles.